The molecule has 0 spiro atoms. The van der Waals surface area contributed by atoms with E-state index >= 15 is 0 Å². The SMILES string of the molecule is O=C(Nc1ccc(S(=O)(=O)Nc2ccccc2)cc1)C1CC2CCCCC2N1. The number of hydrogen-bond donors (Lipinski definition) is 3. The Hall–Kier alpha value is -2.38. The van der Waals surface area contributed by atoms with Gasteiger partial charge in [-0.2, -0.15) is 0 Å². The number of para-hydroxylation sites is 1. The van der Waals surface area contributed by atoms with E-state index in [4.69, 9.17) is 0 Å². The molecule has 7 heteroatoms. The van der Waals surface area contributed by atoms with Gasteiger partial charge in [-0.3, -0.25) is 9.52 Å². The highest BCUT2D eigenvalue weighted by Gasteiger charge is 2.38. The van der Waals surface area contributed by atoms with E-state index in [1.54, 1.807) is 36.4 Å². The van der Waals surface area contributed by atoms with Crippen LogP contribution in [0.4, 0.5) is 11.4 Å². The smallest absolute Gasteiger partial charge is 0.261 e. The number of carbonyl (C=O) groups is 1. The number of nitrogens with one attached hydrogen (secondary N) is 3. The molecule has 3 atom stereocenters. The average Bonchev–Trinajstić information content (AvgIpc) is 3.13. The Morgan fingerprint density at radius 2 is 1.64 bits per heavy atom. The van der Waals surface area contributed by atoms with Crippen molar-refractivity contribution < 1.29 is 13.2 Å². The molecule has 148 valence electrons. The summed E-state index contributed by atoms with van der Waals surface area (Å²) in [7, 11) is -3.66. The van der Waals surface area contributed by atoms with Crippen LogP contribution < -0.4 is 15.4 Å². The largest absolute Gasteiger partial charge is 0.325 e. The lowest BCUT2D eigenvalue weighted by atomic mass is 9.85. The van der Waals surface area contributed by atoms with E-state index in [1.807, 2.05) is 6.07 Å². The van der Waals surface area contributed by atoms with Crippen LogP contribution in [0, 0.1) is 5.92 Å². The molecule has 6 nitrogen and oxygen atoms in total. The van der Waals surface area contributed by atoms with Crippen LogP contribution in [0.2, 0.25) is 0 Å². The van der Waals surface area contributed by atoms with E-state index in [0.29, 0.717) is 23.3 Å². The highest BCUT2D eigenvalue weighted by Crippen LogP contribution is 2.33. The lowest BCUT2D eigenvalue weighted by Crippen LogP contribution is -2.39. The van der Waals surface area contributed by atoms with Crippen LogP contribution in [-0.4, -0.2) is 26.4 Å². The average molecular weight is 400 g/mol. The zero-order valence-electron chi connectivity index (χ0n) is 15.6. The van der Waals surface area contributed by atoms with Crippen LogP contribution >= 0.6 is 0 Å². The van der Waals surface area contributed by atoms with E-state index in [-0.39, 0.29) is 16.8 Å². The Labute approximate surface area is 165 Å². The first-order valence-corrected chi connectivity index (χ1v) is 11.2. The van der Waals surface area contributed by atoms with Crippen LogP contribution in [0.15, 0.2) is 59.5 Å². The number of fused-ring (bicyclic) bond motifs is 1. The van der Waals surface area contributed by atoms with E-state index in [0.717, 1.165) is 12.8 Å². The summed E-state index contributed by atoms with van der Waals surface area (Å²) in [5.74, 6) is 0.550. The number of rotatable bonds is 5. The van der Waals surface area contributed by atoms with Gasteiger partial charge in [0, 0.05) is 17.4 Å². The molecule has 4 rings (SSSR count). The van der Waals surface area contributed by atoms with Gasteiger partial charge >= 0.3 is 0 Å². The van der Waals surface area contributed by atoms with Crippen molar-refractivity contribution in [1.29, 1.82) is 0 Å². The van der Waals surface area contributed by atoms with E-state index < -0.39 is 10.0 Å². The maximum absolute atomic E-state index is 12.6. The van der Waals surface area contributed by atoms with Gasteiger partial charge in [0.25, 0.3) is 10.0 Å². The van der Waals surface area contributed by atoms with Crippen LogP contribution in [-0.2, 0) is 14.8 Å². The van der Waals surface area contributed by atoms with Crippen LogP contribution in [0.25, 0.3) is 0 Å². The van der Waals surface area contributed by atoms with Crippen LogP contribution in [0.3, 0.4) is 0 Å². The second-order valence-electron chi connectivity index (χ2n) is 7.59. The fourth-order valence-corrected chi connectivity index (χ4v) is 5.25. The molecule has 3 unspecified atom stereocenters. The Morgan fingerprint density at radius 3 is 2.36 bits per heavy atom. The lowest BCUT2D eigenvalue weighted by molar-refractivity contribution is -0.117. The monoisotopic (exact) mass is 399 g/mol. The van der Waals surface area contributed by atoms with Crippen molar-refractivity contribution in [3.63, 3.8) is 0 Å². The molecule has 0 bridgehead atoms. The molecular weight excluding hydrogens is 374 g/mol. The normalized spacial score (nSPS) is 24.4. The summed E-state index contributed by atoms with van der Waals surface area (Å²) in [6.07, 6.45) is 5.71. The quantitative estimate of drug-likeness (QED) is 0.720. The lowest BCUT2D eigenvalue weighted by Gasteiger charge is -2.24. The number of anilines is 2. The predicted molar refractivity (Wildman–Crippen MR) is 110 cm³/mol. The third kappa shape index (κ3) is 4.20. The third-order valence-corrected chi connectivity index (χ3v) is 7.03. The molecule has 2 aliphatic rings. The summed E-state index contributed by atoms with van der Waals surface area (Å²) >= 11 is 0. The van der Waals surface area contributed by atoms with Gasteiger partial charge in [-0.05, 0) is 61.6 Å². The second-order valence-corrected chi connectivity index (χ2v) is 9.27. The van der Waals surface area contributed by atoms with Gasteiger partial charge in [-0.25, -0.2) is 8.42 Å². The van der Waals surface area contributed by atoms with Gasteiger partial charge in [0.05, 0.1) is 10.9 Å². The molecule has 3 N–H and O–H groups in total. The summed E-state index contributed by atoms with van der Waals surface area (Å²) < 4.78 is 27.5. The first-order valence-electron chi connectivity index (χ1n) is 9.76. The van der Waals surface area contributed by atoms with Gasteiger partial charge in [-0.15, -0.1) is 0 Å². The van der Waals surface area contributed by atoms with E-state index in [2.05, 4.69) is 15.4 Å². The first kappa shape index (κ1) is 19.0. The molecule has 2 fully saturated rings. The van der Waals surface area contributed by atoms with Gasteiger partial charge in [0.1, 0.15) is 0 Å². The summed E-state index contributed by atoms with van der Waals surface area (Å²) in [6, 6.07) is 15.3. The Kier molecular flexibility index (Phi) is 5.37. The molecule has 0 aromatic heterocycles. The van der Waals surface area contributed by atoms with Crippen molar-refractivity contribution >= 4 is 27.3 Å². The maximum Gasteiger partial charge on any atom is 0.261 e. The van der Waals surface area contributed by atoms with Crippen molar-refractivity contribution in [3.8, 4) is 0 Å². The van der Waals surface area contributed by atoms with Crippen LogP contribution in [0.5, 0.6) is 0 Å². The van der Waals surface area contributed by atoms with E-state index in [1.165, 1.54) is 31.4 Å². The Balaban J connectivity index is 1.38. The minimum Gasteiger partial charge on any atom is -0.325 e. The summed E-state index contributed by atoms with van der Waals surface area (Å²) in [6.45, 7) is 0. The van der Waals surface area contributed by atoms with Gasteiger partial charge in [0.2, 0.25) is 5.91 Å². The van der Waals surface area contributed by atoms with Gasteiger partial charge in [-0.1, -0.05) is 31.0 Å². The van der Waals surface area contributed by atoms with Crippen molar-refractivity contribution in [1.82, 2.24) is 5.32 Å². The minimum absolute atomic E-state index is 0.0487. The molecule has 1 aliphatic heterocycles. The standard InChI is InChI=1S/C21H25N3O3S/c25-21(20-14-15-6-4-5-9-19(15)23-20)22-16-10-12-18(13-11-16)28(26,27)24-17-7-2-1-3-8-17/h1-3,7-8,10-13,15,19-20,23-24H,4-6,9,14H2,(H,22,25). The highest BCUT2D eigenvalue weighted by atomic mass is 32.2. The molecule has 1 heterocycles. The molecule has 28 heavy (non-hydrogen) atoms. The maximum atomic E-state index is 12.6. The van der Waals surface area contributed by atoms with Crippen molar-refractivity contribution in [2.24, 2.45) is 5.92 Å². The fourth-order valence-electron chi connectivity index (χ4n) is 4.19. The second kappa shape index (κ2) is 7.93. The molecule has 2 aromatic rings. The fraction of sp³-hybridized carbons (Fsp3) is 0.381. The van der Waals surface area contributed by atoms with Crippen molar-refractivity contribution in [2.45, 2.75) is 49.1 Å². The van der Waals surface area contributed by atoms with Crippen molar-refractivity contribution in [2.75, 3.05) is 10.0 Å². The molecule has 2 aromatic carbocycles. The summed E-state index contributed by atoms with van der Waals surface area (Å²) in [4.78, 5) is 12.7. The number of sulfonamides is 1. The number of benzene rings is 2. The molecular formula is C21H25N3O3S. The number of carbonyl (C=O) groups excluding carboxylic acids is 1. The number of amides is 1. The molecule has 1 saturated heterocycles. The first-order chi connectivity index (χ1) is 13.5. The molecule has 1 aliphatic carbocycles. The molecule has 1 amide bonds. The predicted octanol–water partition coefficient (Wildman–Crippen LogP) is 3.35. The topological polar surface area (TPSA) is 87.3 Å². The molecule has 0 radical (unpaired) electrons. The number of hydrogen-bond acceptors (Lipinski definition) is 4. The highest BCUT2D eigenvalue weighted by molar-refractivity contribution is 7.92. The Morgan fingerprint density at radius 1 is 0.929 bits per heavy atom. The summed E-state index contributed by atoms with van der Waals surface area (Å²) in [5, 5.41) is 6.36. The van der Waals surface area contributed by atoms with Crippen molar-refractivity contribution in [3.05, 3.63) is 54.6 Å². The van der Waals surface area contributed by atoms with E-state index in [9.17, 15) is 13.2 Å². The van der Waals surface area contributed by atoms with Crippen LogP contribution in [0.1, 0.15) is 32.1 Å². The third-order valence-electron chi connectivity index (χ3n) is 5.64. The molecule has 1 saturated carbocycles. The Bertz CT molecular complexity index is 915. The van der Waals surface area contributed by atoms with Gasteiger partial charge in [0.15, 0.2) is 0 Å². The minimum atomic E-state index is -3.66. The zero-order chi connectivity index (χ0) is 19.6. The summed E-state index contributed by atoms with van der Waals surface area (Å²) in [5.41, 5.74) is 1.11. The van der Waals surface area contributed by atoms with Gasteiger partial charge < -0.3 is 10.6 Å². The zero-order valence-corrected chi connectivity index (χ0v) is 16.4.